The van der Waals surface area contributed by atoms with Crippen LogP contribution < -0.4 is 4.90 Å². The molecule has 1 unspecified atom stereocenters. The average Bonchev–Trinajstić information content (AvgIpc) is 2.26. The molecule has 0 radical (unpaired) electrons. The van der Waals surface area contributed by atoms with Crippen molar-refractivity contribution in [2.45, 2.75) is 38.6 Å². The molecule has 0 heterocycles. The van der Waals surface area contributed by atoms with Crippen LogP contribution in [0, 0.1) is 11.7 Å². The van der Waals surface area contributed by atoms with Crippen molar-refractivity contribution in [1.82, 2.24) is 0 Å². The van der Waals surface area contributed by atoms with Crippen LogP contribution in [-0.4, -0.2) is 13.1 Å². The van der Waals surface area contributed by atoms with Gasteiger partial charge in [-0.15, -0.1) is 0 Å². The van der Waals surface area contributed by atoms with Gasteiger partial charge in [-0.25, -0.2) is 4.39 Å². The molecule has 17 heavy (non-hydrogen) atoms. The summed E-state index contributed by atoms with van der Waals surface area (Å²) in [6, 6.07) is 5.68. The summed E-state index contributed by atoms with van der Waals surface area (Å²) in [5, 5.41) is 0.549. The number of rotatable bonds is 5. The Hall–Kier alpha value is -0.570. The van der Waals surface area contributed by atoms with Gasteiger partial charge >= 0.3 is 0 Å². The first kappa shape index (κ1) is 14.5. The van der Waals surface area contributed by atoms with Crippen molar-refractivity contribution in [3.8, 4) is 0 Å². The highest BCUT2D eigenvalue weighted by molar-refractivity contribution is 9.08. The number of anilines is 1. The Morgan fingerprint density at radius 2 is 1.94 bits per heavy atom. The van der Waals surface area contributed by atoms with Gasteiger partial charge in [0.05, 0.1) is 0 Å². The summed E-state index contributed by atoms with van der Waals surface area (Å²) in [5.41, 5.74) is 1.72. The van der Waals surface area contributed by atoms with Gasteiger partial charge in [0.1, 0.15) is 5.82 Å². The summed E-state index contributed by atoms with van der Waals surface area (Å²) in [4.78, 5) is 2.17. The summed E-state index contributed by atoms with van der Waals surface area (Å²) in [6.45, 7) is 6.60. The van der Waals surface area contributed by atoms with Gasteiger partial charge in [0.25, 0.3) is 0 Å². The second kappa shape index (κ2) is 6.39. The van der Waals surface area contributed by atoms with Crippen LogP contribution in [0.2, 0.25) is 0 Å². The largest absolute Gasteiger partial charge is 0.372 e. The topological polar surface area (TPSA) is 3.24 Å². The molecule has 0 aliphatic heterocycles. The molecule has 1 aromatic carbocycles. The molecular formula is C14H21BrFN. The molecule has 0 fully saturated rings. The van der Waals surface area contributed by atoms with Crippen LogP contribution in [-0.2, 0) is 5.33 Å². The minimum Gasteiger partial charge on any atom is -0.372 e. The van der Waals surface area contributed by atoms with Gasteiger partial charge in [-0.2, -0.15) is 0 Å². The van der Waals surface area contributed by atoms with Crippen LogP contribution in [0.15, 0.2) is 18.2 Å². The number of nitrogens with zero attached hydrogens (tertiary/aromatic N) is 1. The molecule has 0 bridgehead atoms. The minimum absolute atomic E-state index is 0.136. The summed E-state index contributed by atoms with van der Waals surface area (Å²) in [5.74, 6) is 0.511. The Labute approximate surface area is 112 Å². The minimum atomic E-state index is -0.136. The fraction of sp³-hybridized carbons (Fsp3) is 0.571. The SMILES string of the molecule is CC(C)CC(C)N(C)c1cccc(F)c1CBr. The maximum absolute atomic E-state index is 13.7. The maximum atomic E-state index is 13.7. The number of halogens is 2. The zero-order valence-corrected chi connectivity index (χ0v) is 12.6. The Morgan fingerprint density at radius 1 is 1.29 bits per heavy atom. The van der Waals surface area contributed by atoms with Crippen molar-refractivity contribution in [2.75, 3.05) is 11.9 Å². The second-order valence-electron chi connectivity index (χ2n) is 4.96. The molecule has 1 aromatic rings. The molecular weight excluding hydrogens is 281 g/mol. The zero-order valence-electron chi connectivity index (χ0n) is 11.0. The first-order chi connectivity index (χ1) is 7.97. The average molecular weight is 302 g/mol. The van der Waals surface area contributed by atoms with Gasteiger partial charge in [-0.05, 0) is 31.4 Å². The lowest BCUT2D eigenvalue weighted by Crippen LogP contribution is -2.30. The van der Waals surface area contributed by atoms with Crippen molar-refractivity contribution in [3.63, 3.8) is 0 Å². The molecule has 3 heteroatoms. The normalized spacial score (nSPS) is 12.9. The standard InChI is InChI=1S/C14H21BrFN/c1-10(2)8-11(3)17(4)14-7-5-6-13(16)12(14)9-15/h5-7,10-11H,8-9H2,1-4H3. The maximum Gasteiger partial charge on any atom is 0.129 e. The van der Waals surface area contributed by atoms with Gasteiger partial charge in [-0.3, -0.25) is 0 Å². The Balaban J connectivity index is 2.95. The fourth-order valence-corrected chi connectivity index (χ4v) is 2.64. The van der Waals surface area contributed by atoms with Crippen molar-refractivity contribution in [1.29, 1.82) is 0 Å². The quantitative estimate of drug-likeness (QED) is 0.719. The highest BCUT2D eigenvalue weighted by Crippen LogP contribution is 2.27. The Kier molecular flexibility index (Phi) is 5.44. The van der Waals surface area contributed by atoms with Crippen LogP contribution in [0.5, 0.6) is 0 Å². The molecule has 0 saturated carbocycles. The van der Waals surface area contributed by atoms with E-state index in [2.05, 4.69) is 41.6 Å². The Bertz CT molecular complexity index is 365. The number of alkyl halides is 1. The number of hydrogen-bond donors (Lipinski definition) is 0. The molecule has 0 aromatic heterocycles. The molecule has 96 valence electrons. The third-order valence-electron chi connectivity index (χ3n) is 3.08. The molecule has 0 aliphatic rings. The van der Waals surface area contributed by atoms with Crippen LogP contribution in [0.3, 0.4) is 0 Å². The second-order valence-corrected chi connectivity index (χ2v) is 5.52. The molecule has 0 amide bonds. The third-order valence-corrected chi connectivity index (χ3v) is 3.64. The van der Waals surface area contributed by atoms with E-state index >= 15 is 0 Å². The number of hydrogen-bond acceptors (Lipinski definition) is 1. The summed E-state index contributed by atoms with van der Waals surface area (Å²) in [6.07, 6.45) is 1.11. The molecule has 1 rings (SSSR count). The predicted octanol–water partition coefficient (Wildman–Crippen LogP) is 4.59. The van der Waals surface area contributed by atoms with E-state index in [1.54, 1.807) is 6.07 Å². The highest BCUT2D eigenvalue weighted by atomic mass is 79.9. The molecule has 0 saturated heterocycles. The number of benzene rings is 1. The van der Waals surface area contributed by atoms with Crippen LogP contribution in [0.25, 0.3) is 0 Å². The van der Waals surface area contributed by atoms with E-state index in [1.165, 1.54) is 6.07 Å². The van der Waals surface area contributed by atoms with Gasteiger partial charge in [-0.1, -0.05) is 35.8 Å². The fourth-order valence-electron chi connectivity index (χ4n) is 2.09. The lowest BCUT2D eigenvalue weighted by Gasteiger charge is -2.30. The van der Waals surface area contributed by atoms with Crippen molar-refractivity contribution >= 4 is 21.6 Å². The first-order valence-corrected chi connectivity index (χ1v) is 7.15. The van der Waals surface area contributed by atoms with Gasteiger partial charge < -0.3 is 4.90 Å². The van der Waals surface area contributed by atoms with Crippen LogP contribution in [0.1, 0.15) is 32.8 Å². The van der Waals surface area contributed by atoms with Crippen molar-refractivity contribution < 1.29 is 4.39 Å². The lowest BCUT2D eigenvalue weighted by atomic mass is 10.0. The van der Waals surface area contributed by atoms with Crippen LogP contribution >= 0.6 is 15.9 Å². The monoisotopic (exact) mass is 301 g/mol. The predicted molar refractivity (Wildman–Crippen MR) is 76.4 cm³/mol. The van der Waals surface area contributed by atoms with E-state index in [0.717, 1.165) is 17.7 Å². The van der Waals surface area contributed by atoms with E-state index in [-0.39, 0.29) is 5.82 Å². The van der Waals surface area contributed by atoms with Crippen molar-refractivity contribution in [3.05, 3.63) is 29.6 Å². The summed E-state index contributed by atoms with van der Waals surface area (Å²) in [7, 11) is 2.04. The van der Waals surface area contributed by atoms with Crippen molar-refractivity contribution in [2.24, 2.45) is 5.92 Å². The molecule has 0 aliphatic carbocycles. The summed E-state index contributed by atoms with van der Waals surface area (Å²) < 4.78 is 13.7. The Morgan fingerprint density at radius 3 is 2.47 bits per heavy atom. The smallest absolute Gasteiger partial charge is 0.129 e. The zero-order chi connectivity index (χ0) is 13.0. The summed E-state index contributed by atoms with van der Waals surface area (Å²) >= 11 is 3.36. The van der Waals surface area contributed by atoms with E-state index in [9.17, 15) is 4.39 Å². The van der Waals surface area contributed by atoms with Gasteiger partial charge in [0, 0.05) is 29.7 Å². The molecule has 1 nitrogen and oxygen atoms in total. The molecule has 0 N–H and O–H groups in total. The highest BCUT2D eigenvalue weighted by Gasteiger charge is 2.16. The third kappa shape index (κ3) is 3.70. The molecule has 0 spiro atoms. The lowest BCUT2D eigenvalue weighted by molar-refractivity contribution is 0.502. The first-order valence-electron chi connectivity index (χ1n) is 6.03. The van der Waals surface area contributed by atoms with E-state index < -0.39 is 0 Å². The molecule has 1 atom stereocenters. The van der Waals surface area contributed by atoms with E-state index in [4.69, 9.17) is 0 Å². The van der Waals surface area contributed by atoms with Crippen LogP contribution in [0.4, 0.5) is 10.1 Å². The van der Waals surface area contributed by atoms with E-state index in [1.807, 2.05) is 13.1 Å². The van der Waals surface area contributed by atoms with Gasteiger partial charge in [0.15, 0.2) is 0 Å². The van der Waals surface area contributed by atoms with E-state index in [0.29, 0.717) is 17.3 Å². The van der Waals surface area contributed by atoms with Gasteiger partial charge in [0.2, 0.25) is 0 Å².